The standard InChI is InChI=1S/C25H20F3N3O3/c1-15(21-5-3-7-23(29)31-21)30-24(32)17-8-13-20-16(14-17)4-2-6-22(20)33-18-9-11-19(12-10-18)34-25(26,27)28/h2-15H,1H3,(H2,29,31)(H,30,32)/t15-/m1/s1. The quantitative estimate of drug-likeness (QED) is 0.363. The molecule has 0 unspecified atom stereocenters. The van der Waals surface area contributed by atoms with Crippen molar-refractivity contribution in [2.24, 2.45) is 0 Å². The van der Waals surface area contributed by atoms with Crippen molar-refractivity contribution < 1.29 is 27.4 Å². The van der Waals surface area contributed by atoms with E-state index in [0.29, 0.717) is 28.6 Å². The number of hydrogen-bond donors (Lipinski definition) is 2. The summed E-state index contributed by atoms with van der Waals surface area (Å²) in [6, 6.07) is 20.5. The van der Waals surface area contributed by atoms with E-state index in [2.05, 4.69) is 15.0 Å². The lowest BCUT2D eigenvalue weighted by molar-refractivity contribution is -0.274. The zero-order valence-corrected chi connectivity index (χ0v) is 18.0. The van der Waals surface area contributed by atoms with Crippen LogP contribution in [0.4, 0.5) is 19.0 Å². The number of fused-ring (bicyclic) bond motifs is 1. The van der Waals surface area contributed by atoms with Gasteiger partial charge in [-0.25, -0.2) is 4.98 Å². The molecule has 0 aliphatic carbocycles. The molecule has 34 heavy (non-hydrogen) atoms. The molecule has 9 heteroatoms. The molecule has 3 N–H and O–H groups in total. The first-order valence-corrected chi connectivity index (χ1v) is 10.3. The lowest BCUT2D eigenvalue weighted by atomic mass is 10.1. The monoisotopic (exact) mass is 467 g/mol. The van der Waals surface area contributed by atoms with Crippen molar-refractivity contribution in [3.63, 3.8) is 0 Å². The lowest BCUT2D eigenvalue weighted by Crippen LogP contribution is -2.27. The minimum absolute atomic E-state index is 0.273. The molecule has 0 radical (unpaired) electrons. The van der Waals surface area contributed by atoms with Gasteiger partial charge >= 0.3 is 6.36 Å². The van der Waals surface area contributed by atoms with E-state index < -0.39 is 6.36 Å². The number of ether oxygens (including phenoxy) is 2. The summed E-state index contributed by atoms with van der Waals surface area (Å²) in [5.41, 5.74) is 6.82. The van der Waals surface area contributed by atoms with Gasteiger partial charge in [-0.3, -0.25) is 4.79 Å². The minimum atomic E-state index is -4.76. The minimum Gasteiger partial charge on any atom is -0.457 e. The van der Waals surface area contributed by atoms with Crippen molar-refractivity contribution in [3.05, 3.63) is 90.1 Å². The van der Waals surface area contributed by atoms with Gasteiger partial charge in [0.05, 0.1) is 11.7 Å². The molecule has 0 saturated heterocycles. The van der Waals surface area contributed by atoms with E-state index >= 15 is 0 Å². The number of aromatic nitrogens is 1. The summed E-state index contributed by atoms with van der Waals surface area (Å²) in [6.45, 7) is 1.82. The van der Waals surface area contributed by atoms with E-state index in [0.717, 1.165) is 10.8 Å². The van der Waals surface area contributed by atoms with Gasteiger partial charge in [-0.05, 0) is 73.0 Å². The highest BCUT2D eigenvalue weighted by Gasteiger charge is 2.31. The van der Waals surface area contributed by atoms with Crippen LogP contribution in [0.2, 0.25) is 0 Å². The number of nitrogens with zero attached hydrogens (tertiary/aromatic N) is 1. The SMILES string of the molecule is C[C@@H](NC(=O)c1ccc2c(Oc3ccc(OC(F)(F)F)cc3)cccc2c1)c1cccc(N)n1. The molecular formula is C25H20F3N3O3. The lowest BCUT2D eigenvalue weighted by Gasteiger charge is -2.15. The van der Waals surface area contributed by atoms with Crippen LogP contribution in [0.1, 0.15) is 29.0 Å². The average Bonchev–Trinajstić information content (AvgIpc) is 2.79. The fraction of sp³-hybridized carbons (Fsp3) is 0.120. The number of carbonyl (C=O) groups is 1. The third-order valence-corrected chi connectivity index (χ3v) is 4.97. The molecule has 174 valence electrons. The molecule has 4 aromatic rings. The van der Waals surface area contributed by atoms with Crippen LogP contribution in [-0.2, 0) is 0 Å². The molecule has 4 rings (SSSR count). The molecule has 1 amide bonds. The van der Waals surface area contributed by atoms with Crippen molar-refractivity contribution in [1.29, 1.82) is 0 Å². The molecule has 1 aromatic heterocycles. The summed E-state index contributed by atoms with van der Waals surface area (Å²) in [7, 11) is 0. The van der Waals surface area contributed by atoms with Gasteiger partial charge in [0, 0.05) is 10.9 Å². The Labute approximate surface area is 193 Å². The van der Waals surface area contributed by atoms with E-state index in [1.165, 1.54) is 24.3 Å². The predicted molar refractivity (Wildman–Crippen MR) is 122 cm³/mol. The summed E-state index contributed by atoms with van der Waals surface area (Å²) >= 11 is 0. The first-order valence-electron chi connectivity index (χ1n) is 10.3. The van der Waals surface area contributed by atoms with Crippen LogP contribution >= 0.6 is 0 Å². The third-order valence-electron chi connectivity index (χ3n) is 4.97. The van der Waals surface area contributed by atoms with Gasteiger partial charge in [-0.15, -0.1) is 13.2 Å². The first-order chi connectivity index (χ1) is 16.2. The van der Waals surface area contributed by atoms with E-state index in [9.17, 15) is 18.0 Å². The number of alkyl halides is 3. The Hall–Kier alpha value is -4.27. The molecule has 0 fully saturated rings. The number of nitrogens with two attached hydrogens (primary N) is 1. The Bertz CT molecular complexity index is 1320. The summed E-state index contributed by atoms with van der Waals surface area (Å²) in [5, 5.41) is 4.40. The van der Waals surface area contributed by atoms with Crippen molar-refractivity contribution >= 4 is 22.5 Å². The topological polar surface area (TPSA) is 86.5 Å². The Balaban J connectivity index is 1.50. The normalized spacial score (nSPS) is 12.2. The van der Waals surface area contributed by atoms with Crippen molar-refractivity contribution in [2.45, 2.75) is 19.3 Å². The van der Waals surface area contributed by atoms with Crippen LogP contribution in [0.3, 0.4) is 0 Å². The maximum absolute atomic E-state index is 12.8. The van der Waals surface area contributed by atoms with Crippen LogP contribution in [0, 0.1) is 0 Å². The average molecular weight is 467 g/mol. The Morgan fingerprint density at radius 2 is 1.68 bits per heavy atom. The fourth-order valence-corrected chi connectivity index (χ4v) is 3.38. The first kappa shape index (κ1) is 22.9. The molecule has 0 aliphatic heterocycles. The zero-order valence-electron chi connectivity index (χ0n) is 18.0. The van der Waals surface area contributed by atoms with Gasteiger partial charge in [0.1, 0.15) is 23.1 Å². The fourth-order valence-electron chi connectivity index (χ4n) is 3.38. The number of hydrogen-bond acceptors (Lipinski definition) is 5. The number of benzene rings is 3. The molecule has 0 aliphatic rings. The highest BCUT2D eigenvalue weighted by atomic mass is 19.4. The van der Waals surface area contributed by atoms with Crippen LogP contribution < -0.4 is 20.5 Å². The molecule has 0 saturated carbocycles. The van der Waals surface area contributed by atoms with Crippen molar-refractivity contribution in [1.82, 2.24) is 10.3 Å². The van der Waals surface area contributed by atoms with Gasteiger partial charge in [0.15, 0.2) is 0 Å². The van der Waals surface area contributed by atoms with E-state index in [-0.39, 0.29) is 17.7 Å². The van der Waals surface area contributed by atoms with Crippen LogP contribution in [-0.4, -0.2) is 17.3 Å². The maximum atomic E-state index is 12.8. The van der Waals surface area contributed by atoms with Crippen molar-refractivity contribution in [3.8, 4) is 17.2 Å². The number of nitrogens with one attached hydrogen (secondary N) is 1. The summed E-state index contributed by atoms with van der Waals surface area (Å²) in [5.74, 6) is 0.596. The van der Waals surface area contributed by atoms with E-state index in [1.54, 1.807) is 48.5 Å². The Kier molecular flexibility index (Phi) is 6.27. The van der Waals surface area contributed by atoms with Crippen LogP contribution in [0.25, 0.3) is 10.8 Å². The van der Waals surface area contributed by atoms with Gasteiger partial charge in [-0.1, -0.05) is 18.2 Å². The molecule has 3 aromatic carbocycles. The van der Waals surface area contributed by atoms with Crippen molar-refractivity contribution in [2.75, 3.05) is 5.73 Å². The van der Waals surface area contributed by atoms with Gasteiger partial charge < -0.3 is 20.5 Å². The third kappa shape index (κ3) is 5.55. The maximum Gasteiger partial charge on any atom is 0.573 e. The largest absolute Gasteiger partial charge is 0.573 e. The predicted octanol–water partition coefficient (Wildman–Crippen LogP) is 6.00. The highest BCUT2D eigenvalue weighted by Crippen LogP contribution is 2.32. The summed E-state index contributed by atoms with van der Waals surface area (Å²) < 4.78 is 46.7. The summed E-state index contributed by atoms with van der Waals surface area (Å²) in [6.07, 6.45) is -4.76. The molecule has 1 heterocycles. The number of halogens is 3. The van der Waals surface area contributed by atoms with Crippen LogP contribution in [0.15, 0.2) is 78.9 Å². The van der Waals surface area contributed by atoms with Gasteiger partial charge in [0.25, 0.3) is 5.91 Å². The number of amides is 1. The van der Waals surface area contributed by atoms with Crippen LogP contribution in [0.5, 0.6) is 17.2 Å². The van der Waals surface area contributed by atoms with E-state index in [4.69, 9.17) is 10.5 Å². The number of pyridine rings is 1. The van der Waals surface area contributed by atoms with Gasteiger partial charge in [0.2, 0.25) is 0 Å². The molecule has 0 spiro atoms. The number of rotatable bonds is 6. The Morgan fingerprint density at radius 1 is 0.971 bits per heavy atom. The number of anilines is 1. The number of nitrogen functional groups attached to an aromatic ring is 1. The smallest absolute Gasteiger partial charge is 0.457 e. The molecule has 1 atom stereocenters. The molecule has 6 nitrogen and oxygen atoms in total. The molecular weight excluding hydrogens is 447 g/mol. The second-order valence-electron chi connectivity index (χ2n) is 7.50. The zero-order chi connectivity index (χ0) is 24.3. The highest BCUT2D eigenvalue weighted by molar-refractivity contribution is 6.00. The van der Waals surface area contributed by atoms with Gasteiger partial charge in [-0.2, -0.15) is 0 Å². The molecule has 0 bridgehead atoms. The number of carbonyl (C=O) groups excluding carboxylic acids is 1. The second-order valence-corrected chi connectivity index (χ2v) is 7.50. The summed E-state index contributed by atoms with van der Waals surface area (Å²) in [4.78, 5) is 17.0. The second kappa shape index (κ2) is 9.30. The van der Waals surface area contributed by atoms with E-state index in [1.807, 2.05) is 13.0 Å². The Morgan fingerprint density at radius 3 is 2.38 bits per heavy atom.